The maximum atomic E-state index is 6.09. The first-order valence-corrected chi connectivity index (χ1v) is 7.12. The summed E-state index contributed by atoms with van der Waals surface area (Å²) < 4.78 is 0. The fourth-order valence-electron chi connectivity index (χ4n) is 1.51. The van der Waals surface area contributed by atoms with Crippen molar-refractivity contribution in [1.29, 1.82) is 0 Å². The number of aryl methyl sites for hydroxylation is 1. The van der Waals surface area contributed by atoms with E-state index in [0.29, 0.717) is 5.02 Å². The van der Waals surface area contributed by atoms with Crippen LogP contribution in [0.2, 0.25) is 10.0 Å². The third-order valence-electron chi connectivity index (χ3n) is 2.36. The van der Waals surface area contributed by atoms with E-state index in [9.17, 15) is 0 Å². The molecule has 0 atom stereocenters. The molecule has 0 aliphatic rings. The number of alkyl halides is 1. The number of hydrogen-bond acceptors (Lipinski definition) is 0. The molecule has 0 aliphatic carbocycles. The predicted octanol–water partition coefficient (Wildman–Crippen LogP) is 5.49. The van der Waals surface area contributed by atoms with Gasteiger partial charge in [-0.15, -0.1) is 0 Å². The third-order valence-corrected chi connectivity index (χ3v) is 3.78. The molecule has 0 radical (unpaired) electrons. The molecule has 1 rings (SSSR count). The number of rotatable bonds is 6. The number of halogens is 3. The number of hydrogen-bond donors (Lipinski definition) is 0. The highest BCUT2D eigenvalue weighted by molar-refractivity contribution is 9.09. The van der Waals surface area contributed by atoms with Crippen LogP contribution in [0.3, 0.4) is 0 Å². The van der Waals surface area contributed by atoms with Crippen LogP contribution in [0.15, 0.2) is 18.2 Å². The maximum Gasteiger partial charge on any atom is 0.0624 e. The van der Waals surface area contributed by atoms with Crippen LogP contribution in [-0.2, 0) is 6.42 Å². The fraction of sp³-hybridized carbons (Fsp3) is 0.500. The van der Waals surface area contributed by atoms with Gasteiger partial charge in [0.25, 0.3) is 0 Å². The van der Waals surface area contributed by atoms with E-state index in [0.717, 1.165) is 16.8 Å². The Labute approximate surface area is 110 Å². The quantitative estimate of drug-likeness (QED) is 0.481. The summed E-state index contributed by atoms with van der Waals surface area (Å²) in [5, 5.41) is 2.49. The minimum absolute atomic E-state index is 0.662. The molecule has 0 fully saturated rings. The average Bonchev–Trinajstić information content (AvgIpc) is 2.24. The monoisotopic (exact) mass is 308 g/mol. The van der Waals surface area contributed by atoms with Gasteiger partial charge in [-0.05, 0) is 30.9 Å². The smallest absolute Gasteiger partial charge is 0.0624 e. The fourth-order valence-corrected chi connectivity index (χ4v) is 2.32. The Balaban J connectivity index is 2.34. The second kappa shape index (κ2) is 7.54. The van der Waals surface area contributed by atoms with Gasteiger partial charge in [0.15, 0.2) is 0 Å². The van der Waals surface area contributed by atoms with Gasteiger partial charge in [0.05, 0.1) is 10.0 Å². The van der Waals surface area contributed by atoms with Gasteiger partial charge < -0.3 is 0 Å². The molecule has 0 saturated heterocycles. The van der Waals surface area contributed by atoms with Gasteiger partial charge in [0.2, 0.25) is 0 Å². The van der Waals surface area contributed by atoms with E-state index in [2.05, 4.69) is 22.0 Å². The molecule has 0 aliphatic heterocycles. The van der Waals surface area contributed by atoms with Crippen LogP contribution < -0.4 is 0 Å². The highest BCUT2D eigenvalue weighted by Crippen LogP contribution is 2.26. The van der Waals surface area contributed by atoms with Gasteiger partial charge in [0, 0.05) is 5.33 Å². The van der Waals surface area contributed by atoms with Crippen LogP contribution >= 0.6 is 39.1 Å². The van der Waals surface area contributed by atoms with Gasteiger partial charge in [-0.2, -0.15) is 0 Å². The van der Waals surface area contributed by atoms with Gasteiger partial charge in [-0.1, -0.05) is 64.1 Å². The van der Waals surface area contributed by atoms with E-state index < -0.39 is 0 Å². The van der Waals surface area contributed by atoms with Crippen molar-refractivity contribution in [3.63, 3.8) is 0 Å². The highest BCUT2D eigenvalue weighted by atomic mass is 79.9. The molecule has 0 heterocycles. The summed E-state index contributed by atoms with van der Waals surface area (Å²) in [5.41, 5.74) is 1.17. The molecule has 0 spiro atoms. The molecule has 0 aromatic heterocycles. The van der Waals surface area contributed by atoms with Gasteiger partial charge in [-0.3, -0.25) is 0 Å². The minimum Gasteiger partial charge on any atom is -0.0928 e. The van der Waals surface area contributed by atoms with Gasteiger partial charge in [0.1, 0.15) is 0 Å². The second-order valence-corrected chi connectivity index (χ2v) is 5.14. The molecule has 0 unspecified atom stereocenters. The number of benzene rings is 1. The van der Waals surface area contributed by atoms with Crippen LogP contribution in [0.1, 0.15) is 31.2 Å². The van der Waals surface area contributed by atoms with E-state index in [1.54, 1.807) is 0 Å². The van der Waals surface area contributed by atoms with Crippen molar-refractivity contribution in [1.82, 2.24) is 0 Å². The Kier molecular flexibility index (Phi) is 6.71. The van der Waals surface area contributed by atoms with Gasteiger partial charge in [-0.25, -0.2) is 0 Å². The Hall–Kier alpha value is 0.280. The summed E-state index contributed by atoms with van der Waals surface area (Å²) >= 11 is 15.5. The van der Waals surface area contributed by atoms with Crippen molar-refractivity contribution >= 4 is 39.1 Å². The maximum absolute atomic E-state index is 6.09. The Bertz CT molecular complexity index is 300. The minimum atomic E-state index is 0.662. The van der Waals surface area contributed by atoms with Crippen LogP contribution in [0, 0.1) is 0 Å². The van der Waals surface area contributed by atoms with Crippen molar-refractivity contribution in [2.24, 2.45) is 0 Å². The molecule has 0 bridgehead atoms. The summed E-state index contributed by atoms with van der Waals surface area (Å²) in [5.74, 6) is 0. The van der Waals surface area contributed by atoms with Crippen LogP contribution in [-0.4, -0.2) is 5.33 Å². The first kappa shape index (κ1) is 13.3. The molecule has 0 amide bonds. The molecule has 1 aromatic carbocycles. The average molecular weight is 310 g/mol. The van der Waals surface area contributed by atoms with E-state index in [1.165, 1.54) is 31.2 Å². The molecule has 3 heteroatoms. The molecule has 15 heavy (non-hydrogen) atoms. The standard InChI is InChI=1S/C12H15BrCl2/c13-9-4-2-1-3-6-10-7-5-8-11(14)12(10)15/h5,7-8H,1-4,6,9H2. The molecule has 0 saturated carbocycles. The molecule has 84 valence electrons. The first-order chi connectivity index (χ1) is 7.25. The Morgan fingerprint density at radius 1 is 1.00 bits per heavy atom. The van der Waals surface area contributed by atoms with E-state index in [-0.39, 0.29) is 0 Å². The third kappa shape index (κ3) is 4.76. The Morgan fingerprint density at radius 2 is 1.73 bits per heavy atom. The van der Waals surface area contributed by atoms with Crippen molar-refractivity contribution in [3.8, 4) is 0 Å². The van der Waals surface area contributed by atoms with Crippen LogP contribution in [0.5, 0.6) is 0 Å². The molecular formula is C12H15BrCl2. The lowest BCUT2D eigenvalue weighted by Crippen LogP contribution is -1.88. The first-order valence-electron chi connectivity index (χ1n) is 5.24. The van der Waals surface area contributed by atoms with E-state index in [4.69, 9.17) is 23.2 Å². The predicted molar refractivity (Wildman–Crippen MR) is 72.4 cm³/mol. The second-order valence-electron chi connectivity index (χ2n) is 3.57. The summed E-state index contributed by atoms with van der Waals surface area (Å²) in [4.78, 5) is 0. The lowest BCUT2D eigenvalue weighted by molar-refractivity contribution is 0.671. The summed E-state index contributed by atoms with van der Waals surface area (Å²) in [6.45, 7) is 0. The summed E-state index contributed by atoms with van der Waals surface area (Å²) in [6, 6.07) is 5.85. The zero-order valence-electron chi connectivity index (χ0n) is 8.61. The molecular weight excluding hydrogens is 295 g/mol. The SMILES string of the molecule is Clc1cccc(CCCCCCBr)c1Cl. The van der Waals surface area contributed by atoms with Crippen molar-refractivity contribution < 1.29 is 0 Å². The van der Waals surface area contributed by atoms with E-state index >= 15 is 0 Å². The zero-order valence-corrected chi connectivity index (χ0v) is 11.7. The Morgan fingerprint density at radius 3 is 2.47 bits per heavy atom. The highest BCUT2D eigenvalue weighted by Gasteiger charge is 2.03. The van der Waals surface area contributed by atoms with Crippen molar-refractivity contribution in [2.45, 2.75) is 32.1 Å². The molecule has 0 N–H and O–H groups in total. The van der Waals surface area contributed by atoms with Crippen LogP contribution in [0.4, 0.5) is 0 Å². The normalized spacial score (nSPS) is 10.6. The zero-order chi connectivity index (χ0) is 11.1. The molecule has 1 aromatic rings. The topological polar surface area (TPSA) is 0 Å². The van der Waals surface area contributed by atoms with Crippen molar-refractivity contribution in [3.05, 3.63) is 33.8 Å². The van der Waals surface area contributed by atoms with E-state index in [1.807, 2.05) is 12.1 Å². The van der Waals surface area contributed by atoms with Crippen molar-refractivity contribution in [2.75, 3.05) is 5.33 Å². The lowest BCUT2D eigenvalue weighted by Gasteiger charge is -2.05. The van der Waals surface area contributed by atoms with Crippen LogP contribution in [0.25, 0.3) is 0 Å². The largest absolute Gasteiger partial charge is 0.0928 e. The summed E-state index contributed by atoms with van der Waals surface area (Å²) in [6.07, 6.45) is 6.01. The lowest BCUT2D eigenvalue weighted by atomic mass is 10.1. The summed E-state index contributed by atoms with van der Waals surface area (Å²) in [7, 11) is 0. The number of unbranched alkanes of at least 4 members (excludes halogenated alkanes) is 3. The molecule has 0 nitrogen and oxygen atoms in total. The van der Waals surface area contributed by atoms with Gasteiger partial charge >= 0.3 is 0 Å².